The number of rotatable bonds is 8. The van der Waals surface area contributed by atoms with Gasteiger partial charge >= 0.3 is 0 Å². The Hall–Kier alpha value is -0.645. The maximum Gasteiger partial charge on any atom is 0.113 e. The lowest BCUT2D eigenvalue weighted by molar-refractivity contribution is 0.0302. The molecule has 0 aliphatic carbocycles. The largest absolute Gasteiger partial charge is 0.390 e. The average molecular weight is 319 g/mol. The molecule has 0 amide bonds. The van der Waals surface area contributed by atoms with E-state index in [9.17, 15) is 5.11 Å². The summed E-state index contributed by atoms with van der Waals surface area (Å²) in [5.74, 6) is 2.35. The Bertz CT molecular complexity index is 460. The van der Waals surface area contributed by atoms with Crippen LogP contribution in [0.15, 0.2) is 24.3 Å². The first-order valence-electron chi connectivity index (χ1n) is 8.12. The molecule has 0 spiro atoms. The molecule has 22 heavy (non-hydrogen) atoms. The quantitative estimate of drug-likeness (QED) is 0.569. The van der Waals surface area contributed by atoms with E-state index in [0.717, 1.165) is 42.0 Å². The van der Waals surface area contributed by atoms with E-state index in [0.29, 0.717) is 0 Å². The van der Waals surface area contributed by atoms with Gasteiger partial charge in [0.1, 0.15) is 7.85 Å². The first kappa shape index (κ1) is 17.7. The highest BCUT2D eigenvalue weighted by molar-refractivity contribution is 7.99. The summed E-state index contributed by atoms with van der Waals surface area (Å²) in [6, 6.07) is 7.84. The predicted molar refractivity (Wildman–Crippen MR) is 96.4 cm³/mol. The monoisotopic (exact) mass is 319 g/mol. The molecular weight excluding hydrogens is 293 g/mol. The van der Waals surface area contributed by atoms with Crippen molar-refractivity contribution in [3.8, 4) is 0 Å². The number of hydrogen-bond acceptors (Lipinski definition) is 4. The Morgan fingerprint density at radius 2 is 2.23 bits per heavy atom. The molecule has 1 fully saturated rings. The van der Waals surface area contributed by atoms with Crippen LogP contribution in [0.5, 0.6) is 0 Å². The van der Waals surface area contributed by atoms with E-state index in [1.54, 1.807) is 0 Å². The molecule has 2 N–H and O–H groups in total. The normalized spacial score (nSPS) is 28.0. The van der Waals surface area contributed by atoms with Crippen LogP contribution in [0.4, 0.5) is 5.69 Å². The van der Waals surface area contributed by atoms with Crippen molar-refractivity contribution in [3.63, 3.8) is 0 Å². The zero-order valence-electron chi connectivity index (χ0n) is 13.5. The molecule has 120 valence electrons. The van der Waals surface area contributed by atoms with E-state index in [-0.39, 0.29) is 24.2 Å². The highest BCUT2D eigenvalue weighted by atomic mass is 32.2. The second-order valence-electron chi connectivity index (χ2n) is 5.92. The van der Waals surface area contributed by atoms with Crippen LogP contribution in [0.3, 0.4) is 0 Å². The molecule has 0 bridgehead atoms. The van der Waals surface area contributed by atoms with Gasteiger partial charge in [-0.15, -0.1) is 0 Å². The summed E-state index contributed by atoms with van der Waals surface area (Å²) in [7, 11) is 5.75. The van der Waals surface area contributed by atoms with E-state index in [2.05, 4.69) is 12.2 Å². The van der Waals surface area contributed by atoms with Crippen LogP contribution in [0.2, 0.25) is 0 Å². The highest BCUT2D eigenvalue weighted by Crippen LogP contribution is 2.31. The number of thioether (sulfide) groups is 1. The minimum atomic E-state index is -0.305. The van der Waals surface area contributed by atoms with E-state index < -0.39 is 0 Å². The van der Waals surface area contributed by atoms with Crippen LogP contribution in [-0.4, -0.2) is 49.3 Å². The maximum absolute atomic E-state index is 10.1. The molecular formula is C17H26BNO2S. The number of aliphatic hydroxyl groups excluding tert-OH is 1. The van der Waals surface area contributed by atoms with Gasteiger partial charge in [0.05, 0.1) is 18.3 Å². The maximum atomic E-state index is 10.1. The second-order valence-corrected chi connectivity index (χ2v) is 7.07. The SMILES string of the molecule is [B]c1cccc(NCCCSCC2OC(C)C(O)C2CC)c1. The summed E-state index contributed by atoms with van der Waals surface area (Å²) in [4.78, 5) is 0. The van der Waals surface area contributed by atoms with Crippen molar-refractivity contribution in [1.82, 2.24) is 0 Å². The van der Waals surface area contributed by atoms with Gasteiger partial charge in [0, 0.05) is 23.9 Å². The Labute approximate surface area is 139 Å². The lowest BCUT2D eigenvalue weighted by Crippen LogP contribution is -2.26. The molecule has 0 saturated carbocycles. The molecule has 1 aliphatic heterocycles. The molecule has 1 aliphatic rings. The minimum Gasteiger partial charge on any atom is -0.390 e. The van der Waals surface area contributed by atoms with Gasteiger partial charge in [-0.1, -0.05) is 24.5 Å². The first-order valence-corrected chi connectivity index (χ1v) is 9.28. The molecule has 2 radical (unpaired) electrons. The minimum absolute atomic E-state index is 0.0271. The van der Waals surface area contributed by atoms with Crippen LogP contribution in [0.1, 0.15) is 26.7 Å². The zero-order chi connectivity index (χ0) is 15.9. The van der Waals surface area contributed by atoms with Crippen molar-refractivity contribution in [1.29, 1.82) is 0 Å². The van der Waals surface area contributed by atoms with Crippen LogP contribution in [-0.2, 0) is 4.74 Å². The van der Waals surface area contributed by atoms with Crippen molar-refractivity contribution < 1.29 is 9.84 Å². The molecule has 4 atom stereocenters. The smallest absolute Gasteiger partial charge is 0.113 e. The van der Waals surface area contributed by atoms with Gasteiger partial charge in [-0.2, -0.15) is 11.8 Å². The fraction of sp³-hybridized carbons (Fsp3) is 0.647. The van der Waals surface area contributed by atoms with Gasteiger partial charge in [0.25, 0.3) is 0 Å². The molecule has 5 heteroatoms. The molecule has 1 heterocycles. The molecule has 1 aromatic rings. The number of ether oxygens (including phenoxy) is 1. The third-order valence-electron chi connectivity index (χ3n) is 4.22. The van der Waals surface area contributed by atoms with Gasteiger partial charge in [-0.05, 0) is 37.7 Å². The number of hydrogen-bond donors (Lipinski definition) is 2. The number of aliphatic hydroxyl groups is 1. The van der Waals surface area contributed by atoms with Crippen molar-refractivity contribution in [2.24, 2.45) is 5.92 Å². The standard InChI is InChI=1S/C17H26BNO2S/c1-3-15-16(21-12(2)17(15)20)11-22-9-5-8-19-14-7-4-6-13(18)10-14/h4,6-7,10,12,15-17,19-20H,3,5,8-9,11H2,1-2H3. The van der Waals surface area contributed by atoms with Gasteiger partial charge < -0.3 is 15.2 Å². The third-order valence-corrected chi connectivity index (χ3v) is 5.36. The summed E-state index contributed by atoms with van der Waals surface area (Å²) >= 11 is 1.91. The van der Waals surface area contributed by atoms with Crippen LogP contribution in [0, 0.1) is 5.92 Å². The Morgan fingerprint density at radius 3 is 2.95 bits per heavy atom. The van der Waals surface area contributed by atoms with Crippen LogP contribution >= 0.6 is 11.8 Å². The molecule has 2 rings (SSSR count). The van der Waals surface area contributed by atoms with Crippen molar-refractivity contribution in [2.45, 2.75) is 45.0 Å². The van der Waals surface area contributed by atoms with Gasteiger partial charge in [0.15, 0.2) is 0 Å². The Balaban J connectivity index is 1.59. The predicted octanol–water partition coefficient (Wildman–Crippen LogP) is 2.19. The molecule has 0 aromatic heterocycles. The fourth-order valence-electron chi connectivity index (χ4n) is 2.95. The van der Waals surface area contributed by atoms with Gasteiger partial charge in [0.2, 0.25) is 0 Å². The van der Waals surface area contributed by atoms with Gasteiger partial charge in [-0.3, -0.25) is 0 Å². The molecule has 1 saturated heterocycles. The summed E-state index contributed by atoms with van der Waals surface area (Å²) in [5.41, 5.74) is 1.86. The number of nitrogens with one attached hydrogen (secondary N) is 1. The average Bonchev–Trinajstić information content (AvgIpc) is 2.77. The Kier molecular flexibility index (Phi) is 7.12. The van der Waals surface area contributed by atoms with Crippen molar-refractivity contribution in [2.75, 3.05) is 23.4 Å². The third kappa shape index (κ3) is 4.93. The van der Waals surface area contributed by atoms with Crippen molar-refractivity contribution in [3.05, 3.63) is 24.3 Å². The summed E-state index contributed by atoms with van der Waals surface area (Å²) in [6.07, 6.45) is 1.94. The van der Waals surface area contributed by atoms with Gasteiger partial charge in [-0.25, -0.2) is 0 Å². The molecule has 4 unspecified atom stereocenters. The topological polar surface area (TPSA) is 41.5 Å². The summed E-state index contributed by atoms with van der Waals surface area (Å²) in [6.45, 7) is 5.04. The zero-order valence-corrected chi connectivity index (χ0v) is 14.3. The summed E-state index contributed by atoms with van der Waals surface area (Å²) in [5, 5.41) is 13.4. The highest BCUT2D eigenvalue weighted by Gasteiger charge is 2.39. The van der Waals surface area contributed by atoms with Crippen LogP contribution in [0.25, 0.3) is 0 Å². The van der Waals surface area contributed by atoms with Crippen LogP contribution < -0.4 is 10.8 Å². The molecule has 1 aromatic carbocycles. The summed E-state index contributed by atoms with van der Waals surface area (Å²) < 4.78 is 5.87. The fourth-order valence-corrected chi connectivity index (χ4v) is 4.02. The molecule has 3 nitrogen and oxygen atoms in total. The van der Waals surface area contributed by atoms with E-state index in [4.69, 9.17) is 12.6 Å². The Morgan fingerprint density at radius 1 is 1.41 bits per heavy atom. The lowest BCUT2D eigenvalue weighted by atomic mass is 9.95. The first-order chi connectivity index (χ1) is 10.6. The van der Waals surface area contributed by atoms with Crippen molar-refractivity contribution >= 4 is 30.8 Å². The number of anilines is 1. The number of benzene rings is 1. The van der Waals surface area contributed by atoms with E-state index in [1.165, 1.54) is 0 Å². The second kappa shape index (κ2) is 8.85. The van der Waals surface area contributed by atoms with E-state index in [1.807, 2.05) is 43.0 Å². The van der Waals surface area contributed by atoms with E-state index >= 15 is 0 Å². The lowest BCUT2D eigenvalue weighted by Gasteiger charge is -2.18.